The van der Waals surface area contributed by atoms with Crippen LogP contribution in [0.3, 0.4) is 0 Å². The van der Waals surface area contributed by atoms with Gasteiger partial charge in [-0.1, -0.05) is 54.9 Å². The molecule has 192 valence electrons. The topological polar surface area (TPSA) is 97.5 Å². The second-order valence-electron chi connectivity index (χ2n) is 9.42. The number of aromatic amines is 1. The highest BCUT2D eigenvalue weighted by atomic mass is 79.9. The smallest absolute Gasteiger partial charge is 0.258 e. The maximum Gasteiger partial charge on any atom is 0.258 e. The molecule has 0 spiro atoms. The number of sulfonamides is 1. The predicted molar refractivity (Wildman–Crippen MR) is 151 cm³/mol. The molecular weight excluding hydrogens is 544 g/mol. The third kappa shape index (κ3) is 6.59. The molecule has 0 bridgehead atoms. The van der Waals surface area contributed by atoms with Crippen molar-refractivity contribution in [1.82, 2.24) is 4.98 Å². The van der Waals surface area contributed by atoms with Gasteiger partial charge < -0.3 is 9.47 Å². The van der Waals surface area contributed by atoms with E-state index in [4.69, 9.17) is 9.47 Å². The molecule has 0 aliphatic carbocycles. The highest BCUT2D eigenvalue weighted by Crippen LogP contribution is 2.38. The summed E-state index contributed by atoms with van der Waals surface area (Å²) in [5, 5.41) is 0.539. The first-order valence-corrected chi connectivity index (χ1v) is 14.2. The molecule has 1 aromatic heterocycles. The van der Waals surface area contributed by atoms with Crippen LogP contribution in [0, 0.1) is 0 Å². The molecule has 9 heteroatoms. The van der Waals surface area contributed by atoms with Gasteiger partial charge in [-0.05, 0) is 58.5 Å². The lowest BCUT2D eigenvalue weighted by molar-refractivity contribution is 0.396. The van der Waals surface area contributed by atoms with E-state index in [0.29, 0.717) is 22.5 Å². The molecule has 0 unspecified atom stereocenters. The molecule has 0 saturated carbocycles. The summed E-state index contributed by atoms with van der Waals surface area (Å²) in [6.45, 7) is 6.28. The molecule has 0 fully saturated rings. The zero-order valence-corrected chi connectivity index (χ0v) is 23.6. The van der Waals surface area contributed by atoms with Gasteiger partial charge in [0.2, 0.25) is 10.0 Å². The first-order chi connectivity index (χ1) is 16.9. The fraction of sp³-hybridized carbons (Fsp3) is 0.296. The minimum atomic E-state index is -3.37. The Hall–Kier alpha value is -3.04. The Bertz CT molecular complexity index is 1450. The molecule has 2 N–H and O–H groups in total. The number of ether oxygens (including phenoxy) is 2. The van der Waals surface area contributed by atoms with Gasteiger partial charge in [0, 0.05) is 27.7 Å². The largest absolute Gasteiger partial charge is 0.496 e. The van der Waals surface area contributed by atoms with Crippen LogP contribution in [0.1, 0.15) is 43.0 Å². The summed E-state index contributed by atoms with van der Waals surface area (Å²) in [6, 6.07) is 12.8. The minimum Gasteiger partial charge on any atom is -0.496 e. The van der Waals surface area contributed by atoms with Crippen molar-refractivity contribution in [2.24, 2.45) is 0 Å². The third-order valence-electron chi connectivity index (χ3n) is 5.58. The number of hydrogen-bond acceptors (Lipinski definition) is 5. The van der Waals surface area contributed by atoms with Gasteiger partial charge in [0.25, 0.3) is 5.56 Å². The average Bonchev–Trinajstić information content (AvgIpc) is 2.80. The fourth-order valence-electron chi connectivity index (χ4n) is 3.86. The highest BCUT2D eigenvalue weighted by Gasteiger charge is 2.23. The normalized spacial score (nSPS) is 12.1. The molecule has 2 aromatic carbocycles. The van der Waals surface area contributed by atoms with Crippen LogP contribution >= 0.6 is 15.9 Å². The van der Waals surface area contributed by atoms with Gasteiger partial charge >= 0.3 is 0 Å². The summed E-state index contributed by atoms with van der Waals surface area (Å²) in [5.41, 5.74) is 4.90. The van der Waals surface area contributed by atoms with E-state index in [0.717, 1.165) is 39.8 Å². The SMILES string of the molecule is COc1ccc(-c2cc(/C=C/c3ccc(NS(C)(=O)=O)cc3CBr)c(OC)c(C(C)(C)C)c2)c(=O)[nH]1. The van der Waals surface area contributed by atoms with Crippen molar-refractivity contribution in [1.29, 1.82) is 0 Å². The number of nitrogens with one attached hydrogen (secondary N) is 2. The molecule has 0 aliphatic rings. The van der Waals surface area contributed by atoms with Crippen LogP contribution in [0.15, 0.2) is 47.3 Å². The lowest BCUT2D eigenvalue weighted by Gasteiger charge is -2.24. The van der Waals surface area contributed by atoms with Crippen LogP contribution in [0.4, 0.5) is 5.69 Å². The molecule has 1 heterocycles. The van der Waals surface area contributed by atoms with E-state index < -0.39 is 10.0 Å². The van der Waals surface area contributed by atoms with Gasteiger partial charge in [-0.2, -0.15) is 0 Å². The molecular formula is C27H31BrN2O5S. The van der Waals surface area contributed by atoms with Crippen LogP contribution in [0.2, 0.25) is 0 Å². The van der Waals surface area contributed by atoms with Crippen LogP contribution < -0.4 is 19.8 Å². The summed E-state index contributed by atoms with van der Waals surface area (Å²) in [6.07, 6.45) is 5.02. The van der Waals surface area contributed by atoms with Crippen molar-refractivity contribution in [2.45, 2.75) is 31.5 Å². The number of halogens is 1. The maximum absolute atomic E-state index is 12.8. The van der Waals surface area contributed by atoms with Crippen LogP contribution in [-0.4, -0.2) is 33.9 Å². The fourth-order valence-corrected chi connectivity index (χ4v) is 4.90. The van der Waals surface area contributed by atoms with E-state index in [2.05, 4.69) is 46.4 Å². The number of benzene rings is 2. The molecule has 0 aliphatic heterocycles. The summed E-state index contributed by atoms with van der Waals surface area (Å²) in [7, 11) is -0.233. The Labute approximate surface area is 220 Å². The van der Waals surface area contributed by atoms with Gasteiger partial charge in [-0.15, -0.1) is 0 Å². The van der Waals surface area contributed by atoms with Crippen molar-refractivity contribution < 1.29 is 17.9 Å². The van der Waals surface area contributed by atoms with E-state index in [1.165, 1.54) is 7.11 Å². The molecule has 0 amide bonds. The maximum atomic E-state index is 12.8. The summed E-state index contributed by atoms with van der Waals surface area (Å²) >= 11 is 3.49. The second kappa shape index (κ2) is 10.9. The van der Waals surface area contributed by atoms with E-state index in [1.807, 2.05) is 30.4 Å². The number of rotatable bonds is 8. The number of hydrogen-bond donors (Lipinski definition) is 2. The molecule has 0 saturated heterocycles. The number of aromatic nitrogens is 1. The van der Waals surface area contributed by atoms with E-state index in [9.17, 15) is 13.2 Å². The lowest BCUT2D eigenvalue weighted by atomic mass is 9.83. The van der Waals surface area contributed by atoms with E-state index in [1.54, 1.807) is 31.4 Å². The lowest BCUT2D eigenvalue weighted by Crippen LogP contribution is -2.15. The molecule has 7 nitrogen and oxygen atoms in total. The standard InChI is InChI=1S/C27H31BrN2O5S/c1-27(2,3)23-15-19(22-11-12-24(34-4)29-26(22)31)13-18(25(23)35-5)8-7-17-9-10-21(14-20(17)16-28)30-36(6,32)33/h7-15,30H,16H2,1-6H3,(H,29,31)/b8-7+. The average molecular weight is 576 g/mol. The quantitative estimate of drug-likeness (QED) is 0.262. The minimum absolute atomic E-state index is 0.246. The van der Waals surface area contributed by atoms with Gasteiger partial charge in [0.15, 0.2) is 5.88 Å². The van der Waals surface area contributed by atoms with Gasteiger partial charge in [-0.25, -0.2) is 8.42 Å². The number of methoxy groups -OCH3 is 2. The van der Waals surface area contributed by atoms with Crippen LogP contribution in [0.25, 0.3) is 23.3 Å². The molecule has 3 aromatic rings. The van der Waals surface area contributed by atoms with Gasteiger partial charge in [-0.3, -0.25) is 14.5 Å². The van der Waals surface area contributed by atoms with Crippen molar-refractivity contribution in [2.75, 3.05) is 25.2 Å². The summed E-state index contributed by atoms with van der Waals surface area (Å²) < 4.78 is 36.7. The number of H-pyrrole nitrogens is 1. The van der Waals surface area contributed by atoms with Crippen molar-refractivity contribution in [3.8, 4) is 22.8 Å². The number of anilines is 1. The van der Waals surface area contributed by atoms with Gasteiger partial charge in [0.1, 0.15) is 5.75 Å². The zero-order valence-electron chi connectivity index (χ0n) is 21.2. The van der Waals surface area contributed by atoms with Crippen molar-refractivity contribution >= 4 is 43.8 Å². The highest BCUT2D eigenvalue weighted by molar-refractivity contribution is 9.08. The zero-order chi connectivity index (χ0) is 26.7. The van der Waals surface area contributed by atoms with Crippen LogP contribution in [0.5, 0.6) is 11.6 Å². The number of alkyl halides is 1. The Morgan fingerprint density at radius 1 is 1.00 bits per heavy atom. The molecule has 0 radical (unpaired) electrons. The Kier molecular flexibility index (Phi) is 8.36. The Balaban J connectivity index is 2.15. The Morgan fingerprint density at radius 2 is 1.69 bits per heavy atom. The first-order valence-electron chi connectivity index (χ1n) is 11.2. The summed E-state index contributed by atoms with van der Waals surface area (Å²) in [5.74, 6) is 1.12. The van der Waals surface area contributed by atoms with Gasteiger partial charge in [0.05, 0.1) is 20.5 Å². The van der Waals surface area contributed by atoms with Crippen molar-refractivity contribution in [3.05, 3.63) is 75.1 Å². The second-order valence-corrected chi connectivity index (χ2v) is 11.7. The molecule has 3 rings (SSSR count). The first kappa shape index (κ1) is 27.5. The van der Waals surface area contributed by atoms with Crippen LogP contribution in [-0.2, 0) is 20.8 Å². The summed E-state index contributed by atoms with van der Waals surface area (Å²) in [4.78, 5) is 15.5. The molecule has 0 atom stereocenters. The third-order valence-corrected chi connectivity index (χ3v) is 6.79. The number of pyridine rings is 1. The molecule has 36 heavy (non-hydrogen) atoms. The monoisotopic (exact) mass is 574 g/mol. The van der Waals surface area contributed by atoms with Crippen molar-refractivity contribution in [3.63, 3.8) is 0 Å². The predicted octanol–water partition coefficient (Wildman–Crippen LogP) is 5.79. The van der Waals surface area contributed by atoms with E-state index in [-0.39, 0.29) is 11.0 Å². The van der Waals surface area contributed by atoms with E-state index >= 15 is 0 Å². The Morgan fingerprint density at radius 3 is 2.25 bits per heavy atom.